The van der Waals surface area contributed by atoms with Crippen molar-refractivity contribution in [3.63, 3.8) is 0 Å². The lowest BCUT2D eigenvalue weighted by Crippen LogP contribution is -2.30. The molecule has 0 aromatic rings. The molecule has 0 saturated carbocycles. The first-order valence-corrected chi connectivity index (χ1v) is 3.41. The van der Waals surface area contributed by atoms with Crippen molar-refractivity contribution in [2.45, 2.75) is 12.8 Å². The number of nitrogens with one attached hydrogen (secondary N) is 1. The summed E-state index contributed by atoms with van der Waals surface area (Å²) in [6, 6.07) is 0. The first-order chi connectivity index (χ1) is 4.43. The van der Waals surface area contributed by atoms with E-state index in [0.29, 0.717) is 6.54 Å². The summed E-state index contributed by atoms with van der Waals surface area (Å²) >= 11 is 0. The molecule has 1 aliphatic heterocycles. The zero-order valence-corrected chi connectivity index (χ0v) is 5.56. The maximum Gasteiger partial charge on any atom is 0.110 e. The number of rotatable bonds is 1. The topological polar surface area (TPSA) is 50.4 Å². The Hall–Kier alpha value is -0.570. The molecular formula is C6H13N3. The van der Waals surface area contributed by atoms with Gasteiger partial charge in [0.1, 0.15) is 5.84 Å². The van der Waals surface area contributed by atoms with E-state index in [2.05, 4.69) is 10.3 Å². The monoisotopic (exact) mass is 127 g/mol. The molecule has 3 heteroatoms. The summed E-state index contributed by atoms with van der Waals surface area (Å²) in [5, 5.41) is 3.16. The van der Waals surface area contributed by atoms with Crippen molar-refractivity contribution in [3.05, 3.63) is 0 Å². The van der Waals surface area contributed by atoms with Crippen LogP contribution in [0.5, 0.6) is 0 Å². The van der Waals surface area contributed by atoms with Gasteiger partial charge in [-0.05, 0) is 12.8 Å². The van der Waals surface area contributed by atoms with Crippen LogP contribution in [-0.4, -0.2) is 25.5 Å². The third-order valence-corrected chi connectivity index (χ3v) is 1.41. The molecule has 52 valence electrons. The molecule has 0 atom stereocenters. The average Bonchev–Trinajstić information content (AvgIpc) is 2.13. The van der Waals surface area contributed by atoms with Crippen LogP contribution in [0.15, 0.2) is 4.99 Å². The molecule has 0 bridgehead atoms. The van der Waals surface area contributed by atoms with Gasteiger partial charge < -0.3 is 11.1 Å². The Bertz CT molecular complexity index is 109. The SMILES string of the molecule is NCC1=NCCCCN1. The highest BCUT2D eigenvalue weighted by Gasteiger charge is 1.98. The lowest BCUT2D eigenvalue weighted by molar-refractivity contribution is 0.748. The van der Waals surface area contributed by atoms with E-state index in [1.54, 1.807) is 0 Å². The zero-order chi connectivity index (χ0) is 6.53. The van der Waals surface area contributed by atoms with Gasteiger partial charge in [0, 0.05) is 13.1 Å². The molecule has 0 unspecified atom stereocenters. The van der Waals surface area contributed by atoms with Crippen LogP contribution in [0.25, 0.3) is 0 Å². The second-order valence-corrected chi connectivity index (χ2v) is 2.17. The van der Waals surface area contributed by atoms with Gasteiger partial charge >= 0.3 is 0 Å². The fourth-order valence-electron chi connectivity index (χ4n) is 0.876. The van der Waals surface area contributed by atoms with Crippen LogP contribution in [0, 0.1) is 0 Å². The second-order valence-electron chi connectivity index (χ2n) is 2.17. The van der Waals surface area contributed by atoms with Crippen LogP contribution in [0.2, 0.25) is 0 Å². The predicted octanol–water partition coefficient (Wildman–Crippen LogP) is -0.273. The van der Waals surface area contributed by atoms with E-state index >= 15 is 0 Å². The Morgan fingerprint density at radius 2 is 2.44 bits per heavy atom. The maximum absolute atomic E-state index is 5.38. The predicted molar refractivity (Wildman–Crippen MR) is 38.6 cm³/mol. The van der Waals surface area contributed by atoms with Gasteiger partial charge in [0.2, 0.25) is 0 Å². The molecule has 0 fully saturated rings. The summed E-state index contributed by atoms with van der Waals surface area (Å²) < 4.78 is 0. The van der Waals surface area contributed by atoms with Crippen LogP contribution in [0.4, 0.5) is 0 Å². The minimum Gasteiger partial charge on any atom is -0.373 e. The van der Waals surface area contributed by atoms with Crippen molar-refractivity contribution >= 4 is 5.84 Å². The van der Waals surface area contributed by atoms with Crippen molar-refractivity contribution in [2.75, 3.05) is 19.6 Å². The minimum atomic E-state index is 0.556. The van der Waals surface area contributed by atoms with Crippen molar-refractivity contribution in [1.82, 2.24) is 5.32 Å². The second kappa shape index (κ2) is 3.45. The zero-order valence-electron chi connectivity index (χ0n) is 5.56. The molecule has 0 saturated heterocycles. The van der Waals surface area contributed by atoms with E-state index in [1.165, 1.54) is 12.8 Å². The first-order valence-electron chi connectivity index (χ1n) is 3.41. The molecule has 0 spiro atoms. The van der Waals surface area contributed by atoms with Crippen LogP contribution < -0.4 is 11.1 Å². The Morgan fingerprint density at radius 1 is 1.56 bits per heavy atom. The summed E-state index contributed by atoms with van der Waals surface area (Å²) in [5.41, 5.74) is 5.38. The van der Waals surface area contributed by atoms with Gasteiger partial charge in [0.25, 0.3) is 0 Å². The number of nitrogens with two attached hydrogens (primary N) is 1. The summed E-state index contributed by atoms with van der Waals surface area (Å²) in [6.45, 7) is 2.54. The molecule has 0 amide bonds. The van der Waals surface area contributed by atoms with E-state index < -0.39 is 0 Å². The Labute approximate surface area is 55.3 Å². The van der Waals surface area contributed by atoms with Crippen LogP contribution in [-0.2, 0) is 0 Å². The summed E-state index contributed by atoms with van der Waals surface area (Å²) in [5.74, 6) is 0.965. The Kier molecular flexibility index (Phi) is 2.51. The van der Waals surface area contributed by atoms with Crippen molar-refractivity contribution < 1.29 is 0 Å². The van der Waals surface area contributed by atoms with Gasteiger partial charge in [-0.3, -0.25) is 4.99 Å². The quantitative estimate of drug-likeness (QED) is 0.509. The van der Waals surface area contributed by atoms with Crippen molar-refractivity contribution in [2.24, 2.45) is 10.7 Å². The van der Waals surface area contributed by atoms with Crippen LogP contribution in [0.1, 0.15) is 12.8 Å². The molecular weight excluding hydrogens is 114 g/mol. The molecule has 3 N–H and O–H groups in total. The number of hydrogen-bond acceptors (Lipinski definition) is 3. The molecule has 0 aromatic carbocycles. The van der Waals surface area contributed by atoms with Crippen LogP contribution >= 0.6 is 0 Å². The number of aliphatic imine (C=N–C) groups is 1. The summed E-state index contributed by atoms with van der Waals surface area (Å²) in [4.78, 5) is 4.22. The van der Waals surface area contributed by atoms with E-state index in [0.717, 1.165) is 18.9 Å². The maximum atomic E-state index is 5.38. The molecule has 9 heavy (non-hydrogen) atoms. The van der Waals surface area contributed by atoms with Gasteiger partial charge in [-0.2, -0.15) is 0 Å². The lowest BCUT2D eigenvalue weighted by atomic mass is 10.3. The molecule has 1 aliphatic rings. The molecule has 1 heterocycles. The molecule has 1 rings (SSSR count). The highest BCUT2D eigenvalue weighted by atomic mass is 15.0. The minimum absolute atomic E-state index is 0.556. The Morgan fingerprint density at radius 3 is 3.22 bits per heavy atom. The van der Waals surface area contributed by atoms with Gasteiger partial charge in [0.05, 0.1) is 6.54 Å². The fourth-order valence-corrected chi connectivity index (χ4v) is 0.876. The fraction of sp³-hybridized carbons (Fsp3) is 0.833. The number of nitrogens with zero attached hydrogens (tertiary/aromatic N) is 1. The smallest absolute Gasteiger partial charge is 0.110 e. The van der Waals surface area contributed by atoms with Crippen molar-refractivity contribution in [3.8, 4) is 0 Å². The normalized spacial score (nSPS) is 19.9. The van der Waals surface area contributed by atoms with Gasteiger partial charge in [0.15, 0.2) is 0 Å². The van der Waals surface area contributed by atoms with E-state index in [9.17, 15) is 0 Å². The molecule has 0 aromatic heterocycles. The summed E-state index contributed by atoms with van der Waals surface area (Å²) in [7, 11) is 0. The van der Waals surface area contributed by atoms with Gasteiger partial charge in [-0.1, -0.05) is 0 Å². The van der Waals surface area contributed by atoms with E-state index in [4.69, 9.17) is 5.73 Å². The first kappa shape index (κ1) is 6.55. The largest absolute Gasteiger partial charge is 0.373 e. The third-order valence-electron chi connectivity index (χ3n) is 1.41. The standard InChI is InChI=1S/C6H13N3/c7-5-6-8-3-1-2-4-9-6/h1-5,7H2,(H,8,9). The lowest BCUT2D eigenvalue weighted by Gasteiger charge is -2.01. The highest BCUT2D eigenvalue weighted by molar-refractivity contribution is 5.84. The number of amidine groups is 1. The number of hydrogen-bond donors (Lipinski definition) is 2. The third kappa shape index (κ3) is 2.01. The van der Waals surface area contributed by atoms with Gasteiger partial charge in [-0.15, -0.1) is 0 Å². The molecule has 0 radical (unpaired) electrons. The van der Waals surface area contributed by atoms with Gasteiger partial charge in [-0.25, -0.2) is 0 Å². The summed E-state index contributed by atoms with van der Waals surface area (Å²) in [6.07, 6.45) is 2.41. The van der Waals surface area contributed by atoms with Crippen LogP contribution in [0.3, 0.4) is 0 Å². The molecule has 3 nitrogen and oxygen atoms in total. The average molecular weight is 127 g/mol. The van der Waals surface area contributed by atoms with E-state index in [-0.39, 0.29) is 0 Å². The highest BCUT2D eigenvalue weighted by Crippen LogP contribution is 1.92. The molecule has 0 aliphatic carbocycles. The van der Waals surface area contributed by atoms with E-state index in [1.807, 2.05) is 0 Å². The van der Waals surface area contributed by atoms with Crippen molar-refractivity contribution in [1.29, 1.82) is 0 Å². The Balaban J connectivity index is 2.37.